The van der Waals surface area contributed by atoms with Gasteiger partial charge in [0.1, 0.15) is 0 Å². The third-order valence-electron chi connectivity index (χ3n) is 3.16. The van der Waals surface area contributed by atoms with Gasteiger partial charge in [0, 0.05) is 24.1 Å². The molecule has 0 saturated heterocycles. The number of rotatable bonds is 7. The summed E-state index contributed by atoms with van der Waals surface area (Å²) in [6.07, 6.45) is 0.213. The summed E-state index contributed by atoms with van der Waals surface area (Å²) in [6.45, 7) is 3.66. The number of nitrogens with one attached hydrogen (secondary N) is 4. The molecule has 1 aromatic rings. The van der Waals surface area contributed by atoms with Gasteiger partial charge in [-0.05, 0) is 43.4 Å². The first kappa shape index (κ1) is 22.0. The Morgan fingerprint density at radius 3 is 2.22 bits per heavy atom. The van der Waals surface area contributed by atoms with Crippen LogP contribution in [-0.2, 0) is 19.1 Å². The second-order valence-corrected chi connectivity index (χ2v) is 5.65. The average molecular weight is 394 g/mol. The molecule has 0 unspecified atom stereocenters. The molecule has 10 heteroatoms. The highest BCUT2D eigenvalue weighted by molar-refractivity contribution is 7.80. The summed E-state index contributed by atoms with van der Waals surface area (Å²) in [4.78, 5) is 46.1. The number of benzene rings is 1. The van der Waals surface area contributed by atoms with Gasteiger partial charge in [0.25, 0.3) is 5.91 Å². The molecule has 0 aliphatic rings. The molecule has 0 bridgehead atoms. The summed E-state index contributed by atoms with van der Waals surface area (Å²) in [5, 5.41) is 4.90. The van der Waals surface area contributed by atoms with Crippen molar-refractivity contribution in [3.63, 3.8) is 0 Å². The van der Waals surface area contributed by atoms with E-state index in [1.54, 1.807) is 26.0 Å². The second-order valence-electron chi connectivity index (χ2n) is 5.24. The van der Waals surface area contributed by atoms with Gasteiger partial charge in [-0.1, -0.05) is 6.92 Å². The molecule has 0 aliphatic heterocycles. The first-order chi connectivity index (χ1) is 12.8. The minimum atomic E-state index is -0.481. The predicted octanol–water partition coefficient (Wildman–Crippen LogP) is 1.01. The van der Waals surface area contributed by atoms with Crippen molar-refractivity contribution < 1.29 is 23.9 Å². The third-order valence-corrected chi connectivity index (χ3v) is 3.36. The van der Waals surface area contributed by atoms with E-state index in [1.165, 1.54) is 12.1 Å². The Labute approximate surface area is 162 Å². The maximum Gasteiger partial charge on any atom is 0.306 e. The van der Waals surface area contributed by atoms with E-state index >= 15 is 0 Å². The molecule has 0 spiro atoms. The lowest BCUT2D eigenvalue weighted by atomic mass is 10.2. The van der Waals surface area contributed by atoms with Crippen LogP contribution in [0.25, 0.3) is 0 Å². The Bertz CT molecular complexity index is 706. The molecule has 0 fully saturated rings. The van der Waals surface area contributed by atoms with E-state index in [2.05, 4.69) is 21.5 Å². The standard InChI is InChI=1S/C17H22N4O5S/c1-3-13(22)18-12-7-5-11(6-8-12)16(25)20-21-17(27)19-14(23)9-10-15(24)26-4-2/h5-8H,3-4,9-10H2,1-2H3,(H,18,22)(H,20,25)(H2,19,21,23,27). The van der Waals surface area contributed by atoms with Crippen LogP contribution < -0.4 is 21.5 Å². The maximum absolute atomic E-state index is 12.0. The van der Waals surface area contributed by atoms with E-state index < -0.39 is 17.8 Å². The van der Waals surface area contributed by atoms with E-state index in [-0.39, 0.29) is 30.5 Å². The topological polar surface area (TPSA) is 126 Å². The van der Waals surface area contributed by atoms with E-state index in [0.29, 0.717) is 17.7 Å². The Hall–Kier alpha value is -3.01. The Kier molecular flexibility index (Phi) is 9.45. The minimum absolute atomic E-state index is 0.0600. The van der Waals surface area contributed by atoms with Gasteiger partial charge in [0.2, 0.25) is 11.8 Å². The average Bonchev–Trinajstić information content (AvgIpc) is 2.65. The summed E-state index contributed by atoms with van der Waals surface area (Å²) in [7, 11) is 0. The Morgan fingerprint density at radius 2 is 1.63 bits per heavy atom. The van der Waals surface area contributed by atoms with Gasteiger partial charge in [0.15, 0.2) is 5.11 Å². The van der Waals surface area contributed by atoms with Gasteiger partial charge in [-0.15, -0.1) is 0 Å². The summed E-state index contributed by atoms with van der Waals surface area (Å²) in [5.74, 6) is -1.56. The first-order valence-electron chi connectivity index (χ1n) is 8.31. The van der Waals surface area contributed by atoms with Crippen molar-refractivity contribution in [2.75, 3.05) is 11.9 Å². The van der Waals surface area contributed by atoms with Crippen molar-refractivity contribution in [1.82, 2.24) is 16.2 Å². The van der Waals surface area contributed by atoms with Gasteiger partial charge in [0.05, 0.1) is 13.0 Å². The fourth-order valence-electron chi connectivity index (χ4n) is 1.81. The van der Waals surface area contributed by atoms with Gasteiger partial charge >= 0.3 is 5.97 Å². The molecule has 146 valence electrons. The van der Waals surface area contributed by atoms with Gasteiger partial charge < -0.3 is 15.4 Å². The van der Waals surface area contributed by atoms with Crippen LogP contribution in [0.2, 0.25) is 0 Å². The maximum atomic E-state index is 12.0. The monoisotopic (exact) mass is 394 g/mol. The fourth-order valence-corrected chi connectivity index (χ4v) is 1.97. The molecule has 9 nitrogen and oxygen atoms in total. The van der Waals surface area contributed by atoms with Crippen LogP contribution in [-0.4, -0.2) is 35.4 Å². The molecule has 1 aromatic carbocycles. The number of ether oxygens (including phenoxy) is 1. The van der Waals surface area contributed by atoms with Crippen molar-refractivity contribution in [2.45, 2.75) is 33.1 Å². The van der Waals surface area contributed by atoms with Crippen LogP contribution in [0.4, 0.5) is 5.69 Å². The number of esters is 1. The van der Waals surface area contributed by atoms with E-state index in [4.69, 9.17) is 17.0 Å². The van der Waals surface area contributed by atoms with Gasteiger partial charge in [-0.2, -0.15) is 0 Å². The van der Waals surface area contributed by atoms with E-state index in [9.17, 15) is 19.2 Å². The van der Waals surface area contributed by atoms with Crippen LogP contribution in [0.3, 0.4) is 0 Å². The third kappa shape index (κ3) is 8.77. The fraction of sp³-hybridized carbons (Fsp3) is 0.353. The Morgan fingerprint density at radius 1 is 0.963 bits per heavy atom. The molecule has 0 aliphatic carbocycles. The molecule has 0 heterocycles. The van der Waals surface area contributed by atoms with Crippen LogP contribution in [0.5, 0.6) is 0 Å². The van der Waals surface area contributed by atoms with Crippen molar-refractivity contribution in [3.8, 4) is 0 Å². The highest BCUT2D eigenvalue weighted by Gasteiger charge is 2.10. The first-order valence-corrected chi connectivity index (χ1v) is 8.72. The molecule has 0 radical (unpaired) electrons. The molecule has 0 atom stereocenters. The quantitative estimate of drug-likeness (QED) is 0.309. The Balaban J connectivity index is 2.38. The second kappa shape index (κ2) is 11.6. The number of thiocarbonyl (C=S) groups is 1. The predicted molar refractivity (Wildman–Crippen MR) is 103 cm³/mol. The minimum Gasteiger partial charge on any atom is -0.466 e. The lowest BCUT2D eigenvalue weighted by Gasteiger charge is -2.11. The van der Waals surface area contributed by atoms with Crippen molar-refractivity contribution in [1.29, 1.82) is 0 Å². The summed E-state index contributed by atoms with van der Waals surface area (Å²) in [5.41, 5.74) is 5.64. The van der Waals surface area contributed by atoms with Gasteiger partial charge in [-0.3, -0.25) is 30.0 Å². The number of hydrazine groups is 1. The summed E-state index contributed by atoms with van der Waals surface area (Å²) >= 11 is 4.89. The van der Waals surface area contributed by atoms with E-state index in [1.807, 2.05) is 0 Å². The molecular weight excluding hydrogens is 372 g/mol. The van der Waals surface area contributed by atoms with Crippen LogP contribution in [0, 0.1) is 0 Å². The lowest BCUT2D eigenvalue weighted by Crippen LogP contribution is -2.48. The van der Waals surface area contributed by atoms with Gasteiger partial charge in [-0.25, -0.2) is 0 Å². The number of anilines is 1. The zero-order chi connectivity index (χ0) is 20.2. The molecule has 0 saturated carbocycles. The van der Waals surface area contributed by atoms with E-state index in [0.717, 1.165) is 0 Å². The lowest BCUT2D eigenvalue weighted by molar-refractivity contribution is -0.144. The molecular formula is C17H22N4O5S. The largest absolute Gasteiger partial charge is 0.466 e. The molecule has 4 N–H and O–H groups in total. The highest BCUT2D eigenvalue weighted by Crippen LogP contribution is 2.09. The van der Waals surface area contributed by atoms with Crippen molar-refractivity contribution >= 4 is 46.7 Å². The SMILES string of the molecule is CCOC(=O)CCC(=O)NC(=S)NNC(=O)c1ccc(NC(=O)CC)cc1. The molecule has 3 amide bonds. The zero-order valence-electron chi connectivity index (χ0n) is 15.1. The van der Waals surface area contributed by atoms with Crippen molar-refractivity contribution in [2.24, 2.45) is 0 Å². The molecule has 1 rings (SSSR count). The smallest absolute Gasteiger partial charge is 0.306 e. The zero-order valence-corrected chi connectivity index (χ0v) is 15.9. The normalized spacial score (nSPS) is 9.70. The summed E-state index contributed by atoms with van der Waals surface area (Å²) in [6, 6.07) is 6.25. The van der Waals surface area contributed by atoms with Crippen LogP contribution in [0.15, 0.2) is 24.3 Å². The summed E-state index contributed by atoms with van der Waals surface area (Å²) < 4.78 is 4.71. The highest BCUT2D eigenvalue weighted by atomic mass is 32.1. The number of hydrogen-bond acceptors (Lipinski definition) is 6. The number of amides is 3. The number of carbonyl (C=O) groups excluding carboxylic acids is 4. The number of carbonyl (C=O) groups is 4. The molecule has 27 heavy (non-hydrogen) atoms. The number of hydrogen-bond donors (Lipinski definition) is 4. The molecule has 0 aromatic heterocycles. The van der Waals surface area contributed by atoms with Crippen LogP contribution in [0.1, 0.15) is 43.5 Å². The van der Waals surface area contributed by atoms with Crippen molar-refractivity contribution in [3.05, 3.63) is 29.8 Å². The van der Waals surface area contributed by atoms with Crippen LogP contribution >= 0.6 is 12.2 Å².